The van der Waals surface area contributed by atoms with Gasteiger partial charge in [-0.25, -0.2) is 4.98 Å². The number of aromatic amines is 1. The van der Waals surface area contributed by atoms with Crippen LogP contribution in [0, 0.1) is 0 Å². The highest BCUT2D eigenvalue weighted by atomic mass is 79.9. The van der Waals surface area contributed by atoms with Gasteiger partial charge in [-0.2, -0.15) is 0 Å². The van der Waals surface area contributed by atoms with Gasteiger partial charge in [-0.05, 0) is 31.5 Å². The molecule has 1 unspecified atom stereocenters. The Bertz CT molecular complexity index is 582. The molecule has 0 radical (unpaired) electrons. The number of nitrogens with one attached hydrogen (secondary N) is 2. The van der Waals surface area contributed by atoms with E-state index in [-0.39, 0.29) is 11.2 Å². The summed E-state index contributed by atoms with van der Waals surface area (Å²) in [5.74, 6) is 0.0269. The van der Waals surface area contributed by atoms with Crippen molar-refractivity contribution in [1.29, 1.82) is 0 Å². The number of benzene rings is 1. The maximum atomic E-state index is 11.7. The number of aromatic nitrogens is 2. The van der Waals surface area contributed by atoms with Crippen LogP contribution in [-0.2, 0) is 4.79 Å². The molecule has 0 fully saturated rings. The number of imidazole rings is 1. The third kappa shape index (κ3) is 3.86. The molecule has 1 heterocycles. The Morgan fingerprint density at radius 3 is 2.80 bits per heavy atom. The average Bonchev–Trinajstić information content (AvgIpc) is 2.88. The molecule has 2 N–H and O–H groups in total. The van der Waals surface area contributed by atoms with Gasteiger partial charge in [-0.1, -0.05) is 39.8 Å². The number of nitrogens with zero attached hydrogens (tertiary/aromatic N) is 1. The van der Waals surface area contributed by atoms with Crippen molar-refractivity contribution in [3.8, 4) is 11.3 Å². The normalized spacial score (nSPS) is 12.2. The van der Waals surface area contributed by atoms with Crippen molar-refractivity contribution in [2.24, 2.45) is 0 Å². The van der Waals surface area contributed by atoms with Crippen molar-refractivity contribution in [2.75, 3.05) is 6.54 Å². The quantitative estimate of drug-likeness (QED) is 0.809. The van der Waals surface area contributed by atoms with E-state index in [0.717, 1.165) is 20.9 Å². The lowest BCUT2D eigenvalue weighted by Gasteiger charge is -2.08. The maximum absolute atomic E-state index is 11.7. The number of amides is 1. The molecule has 1 atom stereocenters. The minimum Gasteiger partial charge on any atom is -0.355 e. The monoisotopic (exact) mass is 353 g/mol. The fourth-order valence-corrected chi connectivity index (χ4v) is 2.75. The summed E-state index contributed by atoms with van der Waals surface area (Å²) in [7, 11) is 0. The lowest BCUT2D eigenvalue weighted by Crippen LogP contribution is -2.30. The first kappa shape index (κ1) is 15.1. The highest BCUT2D eigenvalue weighted by molar-refractivity contribution is 9.10. The molecule has 1 aromatic heterocycles. The number of rotatable bonds is 5. The zero-order chi connectivity index (χ0) is 14.5. The average molecular weight is 354 g/mol. The van der Waals surface area contributed by atoms with Crippen LogP contribution in [0.4, 0.5) is 0 Å². The predicted octanol–water partition coefficient (Wildman–Crippen LogP) is 3.46. The molecule has 20 heavy (non-hydrogen) atoms. The summed E-state index contributed by atoms with van der Waals surface area (Å²) < 4.78 is 1.04. The molecule has 1 amide bonds. The summed E-state index contributed by atoms with van der Waals surface area (Å²) >= 11 is 4.83. The summed E-state index contributed by atoms with van der Waals surface area (Å²) in [6, 6.07) is 8.00. The Labute approximate surface area is 130 Å². The Morgan fingerprint density at radius 1 is 1.45 bits per heavy atom. The van der Waals surface area contributed by atoms with E-state index < -0.39 is 0 Å². The molecule has 0 spiro atoms. The standard InChI is InChI=1S/C14H16BrN3OS/c1-3-16-13(19)9(2)20-14-17-8-12(18-14)10-4-6-11(15)7-5-10/h4-9H,3H2,1-2H3,(H,16,19)(H,17,18). The van der Waals surface area contributed by atoms with Crippen LogP contribution < -0.4 is 5.32 Å². The van der Waals surface area contributed by atoms with E-state index in [9.17, 15) is 4.79 Å². The second-order valence-electron chi connectivity index (χ2n) is 4.26. The number of H-pyrrole nitrogens is 1. The van der Waals surface area contributed by atoms with E-state index in [0.29, 0.717) is 6.54 Å². The Balaban J connectivity index is 2.05. The first-order chi connectivity index (χ1) is 9.60. The van der Waals surface area contributed by atoms with Gasteiger partial charge in [-0.15, -0.1) is 0 Å². The van der Waals surface area contributed by atoms with E-state index in [1.807, 2.05) is 38.1 Å². The molecule has 2 aromatic rings. The van der Waals surface area contributed by atoms with Crippen LogP contribution in [-0.4, -0.2) is 27.7 Å². The predicted molar refractivity (Wildman–Crippen MR) is 85.7 cm³/mol. The Morgan fingerprint density at radius 2 is 2.15 bits per heavy atom. The first-order valence-corrected chi connectivity index (χ1v) is 8.02. The Kier molecular flexibility index (Phi) is 5.25. The first-order valence-electron chi connectivity index (χ1n) is 6.35. The third-order valence-corrected chi connectivity index (χ3v) is 4.24. The molecule has 0 aliphatic carbocycles. The SMILES string of the molecule is CCNC(=O)C(C)Sc1ncc(-c2ccc(Br)cc2)[nH]1. The second kappa shape index (κ2) is 6.95. The summed E-state index contributed by atoms with van der Waals surface area (Å²) in [5, 5.41) is 3.39. The number of halogens is 1. The fourth-order valence-electron chi connectivity index (χ4n) is 1.68. The van der Waals surface area contributed by atoms with Gasteiger partial charge in [0, 0.05) is 11.0 Å². The number of carbonyl (C=O) groups is 1. The van der Waals surface area contributed by atoms with Gasteiger partial charge in [0.15, 0.2) is 5.16 Å². The van der Waals surface area contributed by atoms with Crippen molar-refractivity contribution < 1.29 is 4.79 Å². The van der Waals surface area contributed by atoms with Crippen LogP contribution in [0.5, 0.6) is 0 Å². The summed E-state index contributed by atoms with van der Waals surface area (Å²) in [6.07, 6.45) is 1.79. The van der Waals surface area contributed by atoms with Crippen molar-refractivity contribution >= 4 is 33.6 Å². The molecule has 106 valence electrons. The van der Waals surface area contributed by atoms with E-state index in [1.54, 1.807) is 6.20 Å². The molecule has 0 bridgehead atoms. The van der Waals surface area contributed by atoms with Crippen molar-refractivity contribution in [2.45, 2.75) is 24.3 Å². The third-order valence-electron chi connectivity index (χ3n) is 2.72. The van der Waals surface area contributed by atoms with Crippen molar-refractivity contribution in [3.63, 3.8) is 0 Å². The van der Waals surface area contributed by atoms with E-state index >= 15 is 0 Å². The summed E-state index contributed by atoms with van der Waals surface area (Å²) in [5.41, 5.74) is 2.02. The van der Waals surface area contributed by atoms with Gasteiger partial charge in [0.05, 0.1) is 17.1 Å². The molecule has 1 aromatic carbocycles. The van der Waals surface area contributed by atoms with Gasteiger partial charge >= 0.3 is 0 Å². The lowest BCUT2D eigenvalue weighted by molar-refractivity contribution is -0.120. The van der Waals surface area contributed by atoms with Crippen LogP contribution in [0.25, 0.3) is 11.3 Å². The molecule has 4 nitrogen and oxygen atoms in total. The Hall–Kier alpha value is -1.27. The van der Waals surface area contributed by atoms with Gasteiger partial charge in [0.1, 0.15) is 0 Å². The van der Waals surface area contributed by atoms with Crippen molar-refractivity contribution in [3.05, 3.63) is 34.9 Å². The van der Waals surface area contributed by atoms with Crippen LogP contribution in [0.2, 0.25) is 0 Å². The number of thioether (sulfide) groups is 1. The molecule has 6 heteroatoms. The topological polar surface area (TPSA) is 57.8 Å². The van der Waals surface area contributed by atoms with Gasteiger partial charge in [0.25, 0.3) is 0 Å². The molecule has 0 aliphatic heterocycles. The maximum Gasteiger partial charge on any atom is 0.233 e. The van der Waals surface area contributed by atoms with E-state index in [2.05, 4.69) is 31.2 Å². The molecule has 0 aliphatic rings. The number of carbonyl (C=O) groups excluding carboxylic acids is 1. The van der Waals surface area contributed by atoms with Gasteiger partial charge < -0.3 is 10.3 Å². The minimum absolute atomic E-state index is 0.0269. The summed E-state index contributed by atoms with van der Waals surface area (Å²) in [4.78, 5) is 19.2. The number of hydrogen-bond donors (Lipinski definition) is 2. The lowest BCUT2D eigenvalue weighted by atomic mass is 10.2. The van der Waals surface area contributed by atoms with Gasteiger partial charge in [0.2, 0.25) is 5.91 Å². The highest BCUT2D eigenvalue weighted by Gasteiger charge is 2.15. The van der Waals surface area contributed by atoms with Crippen molar-refractivity contribution in [1.82, 2.24) is 15.3 Å². The number of hydrogen-bond acceptors (Lipinski definition) is 3. The highest BCUT2D eigenvalue weighted by Crippen LogP contribution is 2.25. The van der Waals surface area contributed by atoms with Crippen LogP contribution >= 0.6 is 27.7 Å². The zero-order valence-electron chi connectivity index (χ0n) is 11.3. The molecular formula is C14H16BrN3OS. The van der Waals surface area contributed by atoms with E-state index in [1.165, 1.54) is 11.8 Å². The van der Waals surface area contributed by atoms with Crippen LogP contribution in [0.1, 0.15) is 13.8 Å². The van der Waals surface area contributed by atoms with Crippen LogP contribution in [0.3, 0.4) is 0 Å². The smallest absolute Gasteiger partial charge is 0.233 e. The molecule has 2 rings (SSSR count). The minimum atomic E-state index is -0.168. The molecule has 0 saturated heterocycles. The fraction of sp³-hybridized carbons (Fsp3) is 0.286. The second-order valence-corrected chi connectivity index (χ2v) is 6.51. The zero-order valence-corrected chi connectivity index (χ0v) is 13.7. The van der Waals surface area contributed by atoms with E-state index in [4.69, 9.17) is 0 Å². The van der Waals surface area contributed by atoms with Gasteiger partial charge in [-0.3, -0.25) is 4.79 Å². The summed E-state index contributed by atoms with van der Waals surface area (Å²) in [6.45, 7) is 4.43. The molecule has 0 saturated carbocycles. The largest absolute Gasteiger partial charge is 0.355 e. The van der Waals surface area contributed by atoms with Crippen LogP contribution in [0.15, 0.2) is 40.1 Å². The molecular weight excluding hydrogens is 338 g/mol.